The van der Waals surface area contributed by atoms with Gasteiger partial charge in [0.25, 0.3) is 5.95 Å². The summed E-state index contributed by atoms with van der Waals surface area (Å²) >= 11 is 0. The van der Waals surface area contributed by atoms with Crippen molar-refractivity contribution >= 4 is 34.0 Å². The summed E-state index contributed by atoms with van der Waals surface area (Å²) in [5.41, 5.74) is 4.20. The minimum absolute atomic E-state index is 0.594. The standard InChI is InChI=1S/C17H17N6/c1-21-13-9-5-4-8-12(13)18-16(21)19-20-17-22(2)14-10-6-7-11-15(14)23(17)3/h4-11H,1-3H3/q+1. The van der Waals surface area contributed by atoms with E-state index in [-0.39, 0.29) is 0 Å². The van der Waals surface area contributed by atoms with Crippen molar-refractivity contribution in [3.63, 3.8) is 0 Å². The molecule has 0 aliphatic heterocycles. The van der Waals surface area contributed by atoms with E-state index in [2.05, 4.69) is 27.3 Å². The van der Waals surface area contributed by atoms with Gasteiger partial charge >= 0.3 is 5.95 Å². The topological polar surface area (TPSA) is 51.4 Å². The van der Waals surface area contributed by atoms with E-state index in [1.165, 1.54) is 0 Å². The Bertz CT molecular complexity index is 1010. The van der Waals surface area contributed by atoms with Gasteiger partial charge in [0.15, 0.2) is 0 Å². The van der Waals surface area contributed by atoms with E-state index in [1.54, 1.807) is 0 Å². The Labute approximate surface area is 133 Å². The van der Waals surface area contributed by atoms with Gasteiger partial charge in [-0.3, -0.25) is 0 Å². The van der Waals surface area contributed by atoms with E-state index in [0.717, 1.165) is 28.0 Å². The lowest BCUT2D eigenvalue weighted by molar-refractivity contribution is -0.632. The number of fused-ring (bicyclic) bond motifs is 2. The Morgan fingerprint density at radius 3 is 2.30 bits per heavy atom. The third-order valence-corrected chi connectivity index (χ3v) is 4.20. The van der Waals surface area contributed by atoms with E-state index in [1.807, 2.05) is 71.2 Å². The van der Waals surface area contributed by atoms with Gasteiger partial charge < -0.3 is 4.57 Å². The fraction of sp³-hybridized carbons (Fsp3) is 0.176. The van der Waals surface area contributed by atoms with Crippen LogP contribution in [0.3, 0.4) is 0 Å². The van der Waals surface area contributed by atoms with Crippen LogP contribution in [0.4, 0.5) is 11.9 Å². The maximum absolute atomic E-state index is 4.52. The number of aryl methyl sites for hydroxylation is 3. The van der Waals surface area contributed by atoms with Crippen molar-refractivity contribution in [1.82, 2.24) is 14.1 Å². The molecule has 2 aromatic carbocycles. The summed E-state index contributed by atoms with van der Waals surface area (Å²) in [5.74, 6) is 1.37. The highest BCUT2D eigenvalue weighted by atomic mass is 15.3. The van der Waals surface area contributed by atoms with Crippen LogP contribution in [0.2, 0.25) is 0 Å². The predicted octanol–water partition coefficient (Wildman–Crippen LogP) is 3.30. The Hall–Kier alpha value is -3.02. The Morgan fingerprint density at radius 2 is 1.57 bits per heavy atom. The number of benzene rings is 2. The van der Waals surface area contributed by atoms with Gasteiger partial charge in [-0.25, -0.2) is 14.1 Å². The van der Waals surface area contributed by atoms with Crippen LogP contribution in [0.15, 0.2) is 58.8 Å². The largest absolute Gasteiger partial charge is 0.422 e. The quantitative estimate of drug-likeness (QED) is 0.414. The molecule has 0 radical (unpaired) electrons. The summed E-state index contributed by atoms with van der Waals surface area (Å²) < 4.78 is 6.00. The van der Waals surface area contributed by atoms with Crippen molar-refractivity contribution in [3.05, 3.63) is 48.5 Å². The lowest BCUT2D eigenvalue weighted by Gasteiger charge is -1.93. The molecule has 0 amide bonds. The molecule has 4 rings (SSSR count). The SMILES string of the molecule is Cn1c(/N=N/c2n(C)c3ccccc3[n+]2C)nc2ccccc21. The number of hydrogen-bond acceptors (Lipinski definition) is 3. The Kier molecular flexibility index (Phi) is 2.97. The highest BCUT2D eigenvalue weighted by molar-refractivity contribution is 5.77. The summed E-state index contributed by atoms with van der Waals surface area (Å²) in [5, 5.41) is 8.80. The molecule has 0 aliphatic rings. The molecule has 6 nitrogen and oxygen atoms in total. The van der Waals surface area contributed by atoms with Crippen LogP contribution < -0.4 is 4.57 Å². The molecule has 2 heterocycles. The minimum Gasteiger partial charge on any atom is -0.309 e. The second-order valence-corrected chi connectivity index (χ2v) is 5.57. The first-order valence-corrected chi connectivity index (χ1v) is 7.43. The summed E-state index contributed by atoms with van der Waals surface area (Å²) in [6.07, 6.45) is 0. The molecule has 0 atom stereocenters. The zero-order chi connectivity index (χ0) is 16.0. The second-order valence-electron chi connectivity index (χ2n) is 5.57. The van der Waals surface area contributed by atoms with Crippen molar-refractivity contribution in [3.8, 4) is 0 Å². The van der Waals surface area contributed by atoms with Crippen LogP contribution in [0, 0.1) is 0 Å². The Morgan fingerprint density at radius 1 is 0.870 bits per heavy atom. The zero-order valence-electron chi connectivity index (χ0n) is 13.3. The first-order valence-electron chi connectivity index (χ1n) is 7.43. The minimum atomic E-state index is 0.594. The van der Waals surface area contributed by atoms with Crippen LogP contribution in [-0.2, 0) is 21.1 Å². The lowest BCUT2D eigenvalue weighted by atomic mass is 10.3. The fourth-order valence-electron chi connectivity index (χ4n) is 2.92. The molecular formula is C17H17N6+. The smallest absolute Gasteiger partial charge is 0.309 e. The number of azo groups is 1. The van der Waals surface area contributed by atoms with Crippen molar-refractivity contribution in [2.75, 3.05) is 0 Å². The maximum atomic E-state index is 4.52. The molecule has 23 heavy (non-hydrogen) atoms. The van der Waals surface area contributed by atoms with Crippen molar-refractivity contribution in [2.45, 2.75) is 0 Å². The lowest BCUT2D eigenvalue weighted by Crippen LogP contribution is -2.26. The number of aromatic nitrogens is 4. The van der Waals surface area contributed by atoms with Crippen molar-refractivity contribution < 1.29 is 4.57 Å². The van der Waals surface area contributed by atoms with Crippen LogP contribution in [-0.4, -0.2) is 14.1 Å². The van der Waals surface area contributed by atoms with Gasteiger partial charge in [-0.2, -0.15) is 0 Å². The third kappa shape index (κ3) is 2.03. The summed E-state index contributed by atoms with van der Waals surface area (Å²) in [6, 6.07) is 16.2. The van der Waals surface area contributed by atoms with Crippen LogP contribution in [0.5, 0.6) is 0 Å². The van der Waals surface area contributed by atoms with Crippen LogP contribution >= 0.6 is 0 Å². The molecule has 0 saturated carbocycles. The number of nitrogens with zero attached hydrogens (tertiary/aromatic N) is 6. The number of hydrogen-bond donors (Lipinski definition) is 0. The van der Waals surface area contributed by atoms with Gasteiger partial charge in [0.2, 0.25) is 0 Å². The van der Waals surface area contributed by atoms with Gasteiger partial charge in [-0.05, 0) is 29.4 Å². The first kappa shape index (κ1) is 13.6. The summed E-state index contributed by atoms with van der Waals surface area (Å²) in [6.45, 7) is 0. The maximum Gasteiger partial charge on any atom is 0.422 e. The predicted molar refractivity (Wildman–Crippen MR) is 89.0 cm³/mol. The number of para-hydroxylation sites is 4. The van der Waals surface area contributed by atoms with Gasteiger partial charge in [0.05, 0.1) is 25.1 Å². The Balaban J connectivity index is 1.83. The van der Waals surface area contributed by atoms with Crippen molar-refractivity contribution in [1.29, 1.82) is 0 Å². The molecule has 114 valence electrons. The average Bonchev–Trinajstić information content (AvgIpc) is 3.02. The van der Waals surface area contributed by atoms with Crippen LogP contribution in [0.1, 0.15) is 0 Å². The molecule has 0 aliphatic carbocycles. The van der Waals surface area contributed by atoms with Crippen LogP contribution in [0.25, 0.3) is 22.1 Å². The monoisotopic (exact) mass is 305 g/mol. The third-order valence-electron chi connectivity index (χ3n) is 4.20. The molecule has 4 aromatic rings. The van der Waals surface area contributed by atoms with Gasteiger partial charge in [-0.1, -0.05) is 24.3 Å². The summed E-state index contributed by atoms with van der Waals surface area (Å²) in [4.78, 5) is 4.52. The van der Waals surface area contributed by atoms with E-state index < -0.39 is 0 Å². The summed E-state index contributed by atoms with van der Waals surface area (Å²) in [7, 11) is 5.93. The number of imidazole rings is 2. The average molecular weight is 305 g/mol. The molecule has 2 aromatic heterocycles. The number of rotatable bonds is 2. The molecule has 0 spiro atoms. The van der Waals surface area contributed by atoms with Crippen molar-refractivity contribution in [2.24, 2.45) is 31.4 Å². The van der Waals surface area contributed by atoms with Gasteiger partial charge in [0, 0.05) is 12.2 Å². The molecule has 0 saturated heterocycles. The second kappa shape index (κ2) is 5.01. The van der Waals surface area contributed by atoms with Gasteiger partial charge in [-0.15, -0.1) is 0 Å². The molecule has 6 heteroatoms. The highest BCUT2D eigenvalue weighted by Crippen LogP contribution is 2.23. The zero-order valence-corrected chi connectivity index (χ0v) is 13.3. The molecule has 0 bridgehead atoms. The molecule has 0 unspecified atom stereocenters. The van der Waals surface area contributed by atoms with E-state index in [4.69, 9.17) is 0 Å². The van der Waals surface area contributed by atoms with Gasteiger partial charge in [0.1, 0.15) is 11.0 Å². The molecule has 0 N–H and O–H groups in total. The molecular weight excluding hydrogens is 288 g/mol. The van der Waals surface area contributed by atoms with E-state index in [0.29, 0.717) is 5.95 Å². The fourth-order valence-corrected chi connectivity index (χ4v) is 2.92. The first-order chi connectivity index (χ1) is 11.2. The highest BCUT2D eigenvalue weighted by Gasteiger charge is 2.19. The van der Waals surface area contributed by atoms with E-state index >= 15 is 0 Å². The molecule has 0 fully saturated rings. The van der Waals surface area contributed by atoms with E-state index in [9.17, 15) is 0 Å². The normalized spacial score (nSPS) is 12.0.